The molecule has 2 rings (SSSR count). The first-order valence-electron chi connectivity index (χ1n) is 5.60. The van der Waals surface area contributed by atoms with Crippen LogP contribution >= 0.6 is 11.8 Å². The number of hydrogen-bond donors (Lipinski definition) is 2. The van der Waals surface area contributed by atoms with Crippen LogP contribution < -0.4 is 10.5 Å². The van der Waals surface area contributed by atoms with Crippen molar-refractivity contribution < 1.29 is 4.74 Å². The number of nitrogens with two attached hydrogens (primary N) is 1. The molecule has 0 spiro atoms. The summed E-state index contributed by atoms with van der Waals surface area (Å²) >= 11 is 1.42. The Labute approximate surface area is 115 Å². The normalized spacial score (nSPS) is 10.2. The maximum atomic E-state index is 7.42. The van der Waals surface area contributed by atoms with Crippen LogP contribution in [0.15, 0.2) is 40.4 Å². The minimum atomic E-state index is -0.0536. The Kier molecular flexibility index (Phi) is 4.01. The van der Waals surface area contributed by atoms with E-state index in [0.29, 0.717) is 10.9 Å². The largest absolute Gasteiger partial charge is 0.497 e. The third-order valence-corrected chi connectivity index (χ3v) is 3.25. The van der Waals surface area contributed by atoms with Gasteiger partial charge in [-0.05, 0) is 49.0 Å². The molecule has 5 nitrogen and oxygen atoms in total. The number of nitrogens with one attached hydrogen (secondary N) is 1. The molecule has 0 atom stereocenters. The number of rotatable bonds is 4. The summed E-state index contributed by atoms with van der Waals surface area (Å²) in [6.07, 6.45) is 0. The summed E-state index contributed by atoms with van der Waals surface area (Å²) in [7, 11) is 1.63. The van der Waals surface area contributed by atoms with E-state index in [2.05, 4.69) is 9.97 Å². The van der Waals surface area contributed by atoms with Gasteiger partial charge < -0.3 is 10.5 Å². The van der Waals surface area contributed by atoms with Gasteiger partial charge in [0.15, 0.2) is 5.16 Å². The number of hydrogen-bond acceptors (Lipinski definition) is 5. The molecule has 0 aliphatic heterocycles. The molecule has 0 aliphatic rings. The second kappa shape index (κ2) is 5.71. The van der Waals surface area contributed by atoms with Crippen molar-refractivity contribution in [2.24, 2.45) is 5.73 Å². The number of nitrogens with zero attached hydrogens (tertiary/aromatic N) is 2. The number of nitrogen functional groups attached to an aromatic ring is 1. The van der Waals surface area contributed by atoms with E-state index in [4.69, 9.17) is 15.9 Å². The van der Waals surface area contributed by atoms with Crippen LogP contribution in [0.3, 0.4) is 0 Å². The van der Waals surface area contributed by atoms with Crippen molar-refractivity contribution in [3.63, 3.8) is 0 Å². The van der Waals surface area contributed by atoms with Crippen molar-refractivity contribution >= 4 is 17.6 Å². The lowest BCUT2D eigenvalue weighted by atomic mass is 10.3. The maximum absolute atomic E-state index is 7.42. The number of aromatic nitrogens is 2. The lowest BCUT2D eigenvalue weighted by Crippen LogP contribution is -2.14. The van der Waals surface area contributed by atoms with Gasteiger partial charge in [-0.2, -0.15) is 0 Å². The predicted molar refractivity (Wildman–Crippen MR) is 74.9 cm³/mol. The van der Waals surface area contributed by atoms with E-state index in [1.54, 1.807) is 13.2 Å². The van der Waals surface area contributed by atoms with Crippen molar-refractivity contribution in [1.29, 1.82) is 5.41 Å². The Morgan fingerprint density at radius 1 is 1.26 bits per heavy atom. The van der Waals surface area contributed by atoms with Crippen LogP contribution in [0.1, 0.15) is 11.4 Å². The molecule has 0 unspecified atom stereocenters. The van der Waals surface area contributed by atoms with Crippen molar-refractivity contribution in [1.82, 2.24) is 9.97 Å². The molecule has 1 aromatic carbocycles. The molecule has 0 bridgehead atoms. The number of ether oxygens (including phenoxy) is 1. The average Bonchev–Trinajstić information content (AvgIpc) is 2.39. The van der Waals surface area contributed by atoms with Crippen LogP contribution in [-0.2, 0) is 0 Å². The van der Waals surface area contributed by atoms with Crippen molar-refractivity contribution in [3.8, 4) is 5.75 Å². The van der Waals surface area contributed by atoms with Gasteiger partial charge >= 0.3 is 0 Å². The first kappa shape index (κ1) is 13.4. The molecule has 0 saturated carbocycles. The highest BCUT2D eigenvalue weighted by molar-refractivity contribution is 7.99. The Hall–Kier alpha value is -2.08. The van der Waals surface area contributed by atoms with E-state index in [9.17, 15) is 0 Å². The molecular weight excluding hydrogens is 260 g/mol. The van der Waals surface area contributed by atoms with Crippen molar-refractivity contribution in [3.05, 3.63) is 41.7 Å². The van der Waals surface area contributed by atoms with Crippen molar-refractivity contribution in [2.45, 2.75) is 17.0 Å². The number of amidine groups is 1. The van der Waals surface area contributed by atoms with E-state index in [0.717, 1.165) is 16.3 Å². The van der Waals surface area contributed by atoms with E-state index >= 15 is 0 Å². The maximum Gasteiger partial charge on any atom is 0.193 e. The topological polar surface area (TPSA) is 84.9 Å². The van der Waals surface area contributed by atoms with Crippen molar-refractivity contribution in [2.75, 3.05) is 7.11 Å². The summed E-state index contributed by atoms with van der Waals surface area (Å²) in [6.45, 7) is 1.85. The van der Waals surface area contributed by atoms with Gasteiger partial charge in [0.05, 0.1) is 7.11 Å². The van der Waals surface area contributed by atoms with Gasteiger partial charge in [-0.3, -0.25) is 5.41 Å². The van der Waals surface area contributed by atoms with Gasteiger partial charge in [-0.1, -0.05) is 0 Å². The van der Waals surface area contributed by atoms with Crippen LogP contribution in [0.2, 0.25) is 0 Å². The smallest absolute Gasteiger partial charge is 0.193 e. The van der Waals surface area contributed by atoms with E-state index < -0.39 is 0 Å². The lowest BCUT2D eigenvalue weighted by Gasteiger charge is -2.05. The van der Waals surface area contributed by atoms with E-state index in [1.807, 2.05) is 31.2 Å². The molecule has 1 heterocycles. The number of aryl methyl sites for hydroxylation is 1. The fourth-order valence-electron chi connectivity index (χ4n) is 1.47. The van der Waals surface area contributed by atoms with Crippen LogP contribution in [0, 0.1) is 12.3 Å². The monoisotopic (exact) mass is 274 g/mol. The minimum absolute atomic E-state index is 0.0536. The zero-order valence-corrected chi connectivity index (χ0v) is 11.5. The van der Waals surface area contributed by atoms with Gasteiger partial charge in [0.25, 0.3) is 0 Å². The second-order valence-electron chi connectivity index (χ2n) is 3.87. The van der Waals surface area contributed by atoms with Gasteiger partial charge in [-0.25, -0.2) is 9.97 Å². The summed E-state index contributed by atoms with van der Waals surface area (Å²) in [4.78, 5) is 9.57. The summed E-state index contributed by atoms with van der Waals surface area (Å²) in [6, 6.07) is 9.32. The lowest BCUT2D eigenvalue weighted by molar-refractivity contribution is 0.414. The van der Waals surface area contributed by atoms with E-state index in [1.165, 1.54) is 11.8 Å². The van der Waals surface area contributed by atoms with Crippen LogP contribution in [0.25, 0.3) is 0 Å². The highest BCUT2D eigenvalue weighted by Gasteiger charge is 2.06. The zero-order valence-electron chi connectivity index (χ0n) is 10.7. The van der Waals surface area contributed by atoms with E-state index in [-0.39, 0.29) is 5.84 Å². The Morgan fingerprint density at radius 2 is 1.95 bits per heavy atom. The summed E-state index contributed by atoms with van der Waals surface area (Å²) in [5, 5.41) is 8.00. The minimum Gasteiger partial charge on any atom is -0.497 e. The Balaban J connectivity index is 2.24. The van der Waals surface area contributed by atoms with Gasteiger partial charge in [0, 0.05) is 10.6 Å². The first-order valence-corrected chi connectivity index (χ1v) is 6.42. The summed E-state index contributed by atoms with van der Waals surface area (Å²) in [5.41, 5.74) is 6.69. The van der Waals surface area contributed by atoms with Gasteiger partial charge in [0.2, 0.25) is 0 Å². The quantitative estimate of drug-likeness (QED) is 0.507. The molecule has 0 saturated heterocycles. The molecule has 6 heteroatoms. The molecule has 1 aromatic heterocycles. The Bertz CT molecular complexity index is 598. The summed E-state index contributed by atoms with van der Waals surface area (Å²) in [5.74, 6) is 0.751. The van der Waals surface area contributed by atoms with Crippen LogP contribution in [-0.4, -0.2) is 22.9 Å². The highest BCUT2D eigenvalue weighted by atomic mass is 32.2. The first-order chi connectivity index (χ1) is 9.08. The summed E-state index contributed by atoms with van der Waals surface area (Å²) < 4.78 is 5.10. The standard InChI is InChI=1S/C13H14N4OS/c1-8-7-11(12(14)15)17-13(16-8)19-10-5-3-9(18-2)4-6-10/h3-7H,1-2H3,(H3,14,15). The highest BCUT2D eigenvalue weighted by Crippen LogP contribution is 2.26. The average molecular weight is 274 g/mol. The third kappa shape index (κ3) is 3.45. The predicted octanol–water partition coefficient (Wildman–Crippen LogP) is 2.23. The molecule has 0 fully saturated rings. The van der Waals surface area contributed by atoms with Crippen LogP contribution in [0.5, 0.6) is 5.75 Å². The zero-order chi connectivity index (χ0) is 13.8. The Morgan fingerprint density at radius 3 is 2.53 bits per heavy atom. The molecule has 0 radical (unpaired) electrons. The SMILES string of the molecule is COc1ccc(Sc2nc(C)cc(C(=N)N)n2)cc1. The molecule has 0 amide bonds. The van der Waals surface area contributed by atoms with Gasteiger partial charge in [-0.15, -0.1) is 0 Å². The molecule has 19 heavy (non-hydrogen) atoms. The number of benzene rings is 1. The molecule has 3 N–H and O–H groups in total. The fraction of sp³-hybridized carbons (Fsp3) is 0.154. The van der Waals surface area contributed by atoms with Gasteiger partial charge in [0.1, 0.15) is 17.3 Å². The molecule has 2 aromatic rings. The van der Waals surface area contributed by atoms with Crippen LogP contribution in [0.4, 0.5) is 0 Å². The molecule has 0 aliphatic carbocycles. The third-order valence-electron chi connectivity index (χ3n) is 2.38. The molecular formula is C13H14N4OS. The molecule has 98 valence electrons. The fourth-order valence-corrected chi connectivity index (χ4v) is 2.29. The number of methoxy groups -OCH3 is 1. The second-order valence-corrected chi connectivity index (χ2v) is 4.91.